The number of hydrogen-bond donors (Lipinski definition) is 4. The lowest BCUT2D eigenvalue weighted by atomic mass is 10.1. The summed E-state index contributed by atoms with van der Waals surface area (Å²) in [5.41, 5.74) is 0. The molecule has 2 unspecified atom stereocenters. The van der Waals surface area contributed by atoms with Gasteiger partial charge in [-0.2, -0.15) is 0 Å². The first-order valence-electron chi connectivity index (χ1n) is 5.89. The average molecular weight is 294 g/mol. The molecule has 8 nitrogen and oxygen atoms in total. The van der Waals surface area contributed by atoms with E-state index in [4.69, 9.17) is 5.11 Å². The smallest absolute Gasteiger partial charge is 0.328 e. The second kappa shape index (κ2) is 6.20. The van der Waals surface area contributed by atoms with Crippen molar-refractivity contribution in [2.75, 3.05) is 11.5 Å². The van der Waals surface area contributed by atoms with Crippen LogP contribution in [0, 0.1) is 0 Å². The summed E-state index contributed by atoms with van der Waals surface area (Å²) in [7, 11) is -3.01. The molecule has 0 aliphatic carbocycles. The Labute approximate surface area is 111 Å². The zero-order chi connectivity index (χ0) is 14.6. The van der Waals surface area contributed by atoms with Crippen molar-refractivity contribution in [1.82, 2.24) is 10.6 Å². The summed E-state index contributed by atoms with van der Waals surface area (Å²) in [5, 5.41) is 22.6. The molecule has 0 spiro atoms. The first-order valence-corrected chi connectivity index (χ1v) is 7.72. The van der Waals surface area contributed by atoms with Crippen molar-refractivity contribution in [2.24, 2.45) is 0 Å². The molecule has 2 amide bonds. The summed E-state index contributed by atoms with van der Waals surface area (Å²) >= 11 is 0. The van der Waals surface area contributed by atoms with E-state index in [1.807, 2.05) is 0 Å². The molecule has 2 atom stereocenters. The highest BCUT2D eigenvalue weighted by molar-refractivity contribution is 7.91. The van der Waals surface area contributed by atoms with Crippen LogP contribution in [-0.2, 0) is 14.6 Å². The van der Waals surface area contributed by atoms with Crippen LogP contribution in [0.25, 0.3) is 0 Å². The van der Waals surface area contributed by atoms with Gasteiger partial charge in [0.1, 0.15) is 9.84 Å². The van der Waals surface area contributed by atoms with Crippen LogP contribution in [0.3, 0.4) is 0 Å². The molecule has 1 aliphatic rings. The number of carbonyl (C=O) groups excluding carboxylic acids is 1. The van der Waals surface area contributed by atoms with Gasteiger partial charge < -0.3 is 20.8 Å². The number of rotatable bonds is 4. The Morgan fingerprint density at radius 1 is 1.26 bits per heavy atom. The third kappa shape index (κ3) is 5.03. The average Bonchev–Trinajstić information content (AvgIpc) is 2.28. The molecule has 0 aromatic rings. The largest absolute Gasteiger partial charge is 0.480 e. The van der Waals surface area contributed by atoms with E-state index in [1.54, 1.807) is 0 Å². The standard InChI is InChI=1S/C10H18N2O6S/c1-6(13)8(9(14)15)12-10(16)11-7-2-4-19(17,18)5-3-7/h6-8,13H,2-5H2,1H3,(H,14,15)(H2,11,12,16). The van der Waals surface area contributed by atoms with Gasteiger partial charge in [-0.3, -0.25) is 0 Å². The number of carboxylic acids is 1. The molecule has 19 heavy (non-hydrogen) atoms. The molecule has 4 N–H and O–H groups in total. The normalized spacial score (nSPS) is 22.2. The lowest BCUT2D eigenvalue weighted by Gasteiger charge is -2.24. The number of hydrogen-bond acceptors (Lipinski definition) is 5. The topological polar surface area (TPSA) is 133 Å². The summed E-state index contributed by atoms with van der Waals surface area (Å²) in [4.78, 5) is 22.3. The van der Waals surface area contributed by atoms with Crippen molar-refractivity contribution in [1.29, 1.82) is 0 Å². The number of urea groups is 1. The highest BCUT2D eigenvalue weighted by atomic mass is 32.2. The molecule has 9 heteroatoms. The SMILES string of the molecule is CC(O)C(NC(=O)NC1CCS(=O)(=O)CC1)C(=O)O. The Hall–Kier alpha value is -1.35. The Morgan fingerprint density at radius 2 is 1.79 bits per heavy atom. The predicted octanol–water partition coefficient (Wildman–Crippen LogP) is -1.30. The molecule has 0 radical (unpaired) electrons. The minimum Gasteiger partial charge on any atom is -0.480 e. The first kappa shape index (κ1) is 15.7. The molecule has 0 saturated carbocycles. The van der Waals surface area contributed by atoms with E-state index in [9.17, 15) is 23.1 Å². The van der Waals surface area contributed by atoms with Crippen molar-refractivity contribution in [3.8, 4) is 0 Å². The third-order valence-electron chi connectivity index (χ3n) is 2.92. The van der Waals surface area contributed by atoms with Gasteiger partial charge in [0.05, 0.1) is 17.6 Å². The number of carboxylic acid groups (broad SMARTS) is 1. The molecule has 0 aromatic carbocycles. The van der Waals surface area contributed by atoms with Crippen molar-refractivity contribution < 1.29 is 28.2 Å². The van der Waals surface area contributed by atoms with Crippen LogP contribution in [0.4, 0.5) is 4.79 Å². The number of aliphatic hydroxyl groups excluding tert-OH is 1. The van der Waals surface area contributed by atoms with E-state index >= 15 is 0 Å². The van der Waals surface area contributed by atoms with E-state index in [-0.39, 0.29) is 17.5 Å². The Balaban J connectivity index is 2.45. The number of carbonyl (C=O) groups is 2. The van der Waals surface area contributed by atoms with Gasteiger partial charge >= 0.3 is 12.0 Å². The van der Waals surface area contributed by atoms with E-state index in [2.05, 4.69) is 10.6 Å². The highest BCUT2D eigenvalue weighted by Crippen LogP contribution is 2.11. The second-order valence-corrected chi connectivity index (χ2v) is 6.90. The monoisotopic (exact) mass is 294 g/mol. The number of aliphatic carboxylic acids is 1. The summed E-state index contributed by atoms with van der Waals surface area (Å²) in [5.74, 6) is -1.32. The number of aliphatic hydroxyl groups is 1. The van der Waals surface area contributed by atoms with E-state index in [1.165, 1.54) is 6.92 Å². The van der Waals surface area contributed by atoms with Gasteiger partial charge in [-0.1, -0.05) is 0 Å². The van der Waals surface area contributed by atoms with E-state index in [0.717, 1.165) is 0 Å². The molecule has 1 aliphatic heterocycles. The fourth-order valence-electron chi connectivity index (χ4n) is 1.79. The molecular weight excluding hydrogens is 276 g/mol. The number of amides is 2. The van der Waals surface area contributed by atoms with Gasteiger partial charge in [-0.05, 0) is 19.8 Å². The summed E-state index contributed by atoms with van der Waals surface area (Å²) in [6, 6.07) is -2.42. The van der Waals surface area contributed by atoms with Gasteiger partial charge in [0.2, 0.25) is 0 Å². The van der Waals surface area contributed by atoms with Crippen molar-refractivity contribution in [2.45, 2.75) is 38.0 Å². The van der Waals surface area contributed by atoms with Crippen LogP contribution in [0.5, 0.6) is 0 Å². The third-order valence-corrected chi connectivity index (χ3v) is 4.64. The van der Waals surface area contributed by atoms with Crippen LogP contribution in [0.2, 0.25) is 0 Å². The maximum absolute atomic E-state index is 11.5. The Kier molecular flexibility index (Phi) is 5.12. The van der Waals surface area contributed by atoms with Crippen LogP contribution in [-0.4, -0.2) is 60.3 Å². The van der Waals surface area contributed by atoms with Gasteiger partial charge in [-0.25, -0.2) is 18.0 Å². The zero-order valence-electron chi connectivity index (χ0n) is 10.5. The maximum Gasteiger partial charge on any atom is 0.328 e. The summed E-state index contributed by atoms with van der Waals surface area (Å²) < 4.78 is 22.4. The minimum atomic E-state index is -3.01. The molecule has 0 aromatic heterocycles. The molecule has 110 valence electrons. The van der Waals surface area contributed by atoms with Gasteiger partial charge in [0.25, 0.3) is 0 Å². The second-order valence-electron chi connectivity index (χ2n) is 4.60. The molecule has 0 bridgehead atoms. The molecule has 1 rings (SSSR count). The number of sulfone groups is 1. The Bertz CT molecular complexity index is 433. The van der Waals surface area contributed by atoms with Gasteiger partial charge in [0, 0.05) is 6.04 Å². The van der Waals surface area contributed by atoms with Crippen LogP contribution < -0.4 is 10.6 Å². The molecule has 1 heterocycles. The van der Waals surface area contributed by atoms with Gasteiger partial charge in [0.15, 0.2) is 6.04 Å². The minimum absolute atomic E-state index is 0.0106. The van der Waals surface area contributed by atoms with E-state index < -0.39 is 34.0 Å². The summed E-state index contributed by atoms with van der Waals surface area (Å²) in [6.45, 7) is 1.26. The molecule has 1 saturated heterocycles. The summed E-state index contributed by atoms with van der Waals surface area (Å²) in [6.07, 6.45) is -0.611. The quantitative estimate of drug-likeness (QED) is 0.509. The molecular formula is C10H18N2O6S. The number of nitrogens with one attached hydrogen (secondary N) is 2. The maximum atomic E-state index is 11.5. The lowest BCUT2D eigenvalue weighted by molar-refractivity contribution is -0.141. The van der Waals surface area contributed by atoms with Crippen molar-refractivity contribution in [3.63, 3.8) is 0 Å². The Morgan fingerprint density at radius 3 is 2.21 bits per heavy atom. The van der Waals surface area contributed by atoms with Crippen molar-refractivity contribution in [3.05, 3.63) is 0 Å². The highest BCUT2D eigenvalue weighted by Gasteiger charge is 2.28. The predicted molar refractivity (Wildman–Crippen MR) is 66.4 cm³/mol. The lowest BCUT2D eigenvalue weighted by Crippen LogP contribution is -2.53. The van der Waals surface area contributed by atoms with Crippen LogP contribution in [0.1, 0.15) is 19.8 Å². The fourth-order valence-corrected chi connectivity index (χ4v) is 3.28. The fraction of sp³-hybridized carbons (Fsp3) is 0.800. The van der Waals surface area contributed by atoms with Crippen molar-refractivity contribution >= 4 is 21.8 Å². The van der Waals surface area contributed by atoms with Crippen LogP contribution >= 0.6 is 0 Å². The van der Waals surface area contributed by atoms with Crippen LogP contribution in [0.15, 0.2) is 0 Å². The first-order chi connectivity index (χ1) is 8.71. The zero-order valence-corrected chi connectivity index (χ0v) is 11.3. The van der Waals surface area contributed by atoms with E-state index in [0.29, 0.717) is 12.8 Å². The molecule has 1 fully saturated rings. The van der Waals surface area contributed by atoms with Gasteiger partial charge in [-0.15, -0.1) is 0 Å².